The van der Waals surface area contributed by atoms with Crippen LogP contribution in [-0.2, 0) is 9.59 Å². The van der Waals surface area contributed by atoms with Crippen LogP contribution in [0.2, 0.25) is 0 Å². The quantitative estimate of drug-likeness (QED) is 0.294. The van der Waals surface area contributed by atoms with Crippen LogP contribution in [0.3, 0.4) is 0 Å². The first-order chi connectivity index (χ1) is 7.00. The second-order valence-corrected chi connectivity index (χ2v) is 5.37. The molecule has 0 aliphatic carbocycles. The molecular weight excluding hydrogens is 244 g/mol. The molecule has 6 nitrogen and oxygen atoms in total. The van der Waals surface area contributed by atoms with Gasteiger partial charge >= 0.3 is 0 Å². The molecule has 0 aromatic rings. The van der Waals surface area contributed by atoms with E-state index < -0.39 is 0 Å². The van der Waals surface area contributed by atoms with Gasteiger partial charge in [-0.15, -0.1) is 0 Å². The standard InChI is InChI=1S/2C4H12N.2CH2O.ClH.H3N2/c2*1-5(2,3)4;2*1-2;;1-2/h2*1-4H3;2*1H2;1H;1H,2H2/q2*+1;;;;-1/p-1. The molecule has 7 heteroatoms. The summed E-state index contributed by atoms with van der Waals surface area (Å²) in [6.07, 6.45) is 0. The van der Waals surface area contributed by atoms with Gasteiger partial charge in [-0.05, 0) is 0 Å². The molecule has 0 saturated carbocycles. The number of hydrogen-bond acceptors (Lipinski definition) is 3. The van der Waals surface area contributed by atoms with Gasteiger partial charge in [-0.25, -0.2) is 0 Å². The van der Waals surface area contributed by atoms with Gasteiger partial charge in [0.2, 0.25) is 0 Å². The van der Waals surface area contributed by atoms with Crippen molar-refractivity contribution in [3.05, 3.63) is 5.84 Å². The van der Waals surface area contributed by atoms with E-state index in [0.29, 0.717) is 0 Å². The third-order valence-corrected chi connectivity index (χ3v) is 0. The Kier molecular flexibility index (Phi) is 52.1. The minimum Gasteiger partial charge on any atom is -1.00 e. The summed E-state index contributed by atoms with van der Waals surface area (Å²) < 4.78 is 2.00. The van der Waals surface area contributed by atoms with Crippen LogP contribution in [0.4, 0.5) is 0 Å². The lowest BCUT2D eigenvalue weighted by atomic mass is 10.8. The molecule has 110 valence electrons. The van der Waals surface area contributed by atoms with Gasteiger partial charge in [-0.2, -0.15) is 0 Å². The lowest BCUT2D eigenvalue weighted by Gasteiger charge is -2.14. The highest BCUT2D eigenvalue weighted by molar-refractivity contribution is 5.11. The topological polar surface area (TPSA) is 84.0 Å². The first kappa shape index (κ1) is 36.0. The zero-order valence-electron chi connectivity index (χ0n) is 12.6. The number of rotatable bonds is 0. The van der Waals surface area contributed by atoms with Crippen molar-refractivity contribution in [2.45, 2.75) is 0 Å². The van der Waals surface area contributed by atoms with Crippen molar-refractivity contribution in [2.24, 2.45) is 5.84 Å². The molecule has 0 spiro atoms. The highest BCUT2D eigenvalue weighted by Crippen LogP contribution is 1.74. The van der Waals surface area contributed by atoms with Gasteiger partial charge in [0.15, 0.2) is 0 Å². The fraction of sp³-hybridized carbons (Fsp3) is 0.800. The summed E-state index contributed by atoms with van der Waals surface area (Å²) in [6, 6.07) is 0. The van der Waals surface area contributed by atoms with Crippen molar-refractivity contribution in [2.75, 3.05) is 56.4 Å². The third kappa shape index (κ3) is 9990. The summed E-state index contributed by atoms with van der Waals surface area (Å²) in [6.45, 7) is 4.00. The van der Waals surface area contributed by atoms with E-state index in [0.717, 1.165) is 8.97 Å². The van der Waals surface area contributed by atoms with Crippen LogP contribution >= 0.6 is 0 Å². The maximum atomic E-state index is 8.00. The number of nitrogens with one attached hydrogen (secondary N) is 1. The predicted molar refractivity (Wildman–Crippen MR) is 70.7 cm³/mol. The lowest BCUT2D eigenvalue weighted by Crippen LogP contribution is -3.00. The zero-order chi connectivity index (χ0) is 15.0. The summed E-state index contributed by atoms with van der Waals surface area (Å²) in [5, 5.41) is 0. The number of hydrogen-bond donors (Lipinski definition) is 1. The Morgan fingerprint density at radius 1 is 0.647 bits per heavy atom. The molecule has 0 aliphatic rings. The largest absolute Gasteiger partial charge is 1.00 e. The minimum absolute atomic E-state index is 0. The maximum Gasteiger partial charge on any atom is 0.106 e. The third-order valence-electron chi connectivity index (χ3n) is 0. The van der Waals surface area contributed by atoms with E-state index in [4.69, 9.17) is 15.4 Å². The van der Waals surface area contributed by atoms with E-state index >= 15 is 0 Å². The predicted octanol–water partition coefficient (Wildman–Crippen LogP) is -2.81. The van der Waals surface area contributed by atoms with Crippen molar-refractivity contribution in [3.8, 4) is 0 Å². The normalized spacial score (nSPS) is 7.88. The number of nitrogens with zero attached hydrogens (tertiary/aromatic N) is 2. The van der Waals surface area contributed by atoms with Gasteiger partial charge in [0.1, 0.15) is 13.6 Å². The number of halogens is 1. The van der Waals surface area contributed by atoms with E-state index in [-0.39, 0.29) is 12.4 Å². The van der Waals surface area contributed by atoms with Crippen LogP contribution in [0.1, 0.15) is 0 Å². The fourth-order valence-electron chi connectivity index (χ4n) is 0. The summed E-state index contributed by atoms with van der Waals surface area (Å²) in [5.41, 5.74) is 0. The number of carbonyl (C=O) groups excluding carboxylic acids is 2. The van der Waals surface area contributed by atoms with Crippen LogP contribution in [0.15, 0.2) is 0 Å². The minimum atomic E-state index is 0. The smallest absolute Gasteiger partial charge is 0.106 e. The first-order valence-electron chi connectivity index (χ1n) is 4.44. The van der Waals surface area contributed by atoms with Crippen molar-refractivity contribution < 1.29 is 31.0 Å². The van der Waals surface area contributed by atoms with Crippen molar-refractivity contribution in [1.82, 2.24) is 0 Å². The molecular formula is C10H31ClN4O2. The molecule has 0 aliphatic heterocycles. The molecule has 0 heterocycles. The molecule has 0 rings (SSSR count). The Hall–Kier alpha value is -0.530. The van der Waals surface area contributed by atoms with Gasteiger partial charge in [-0.1, -0.05) is 0 Å². The Balaban J connectivity index is -0.0000000238. The van der Waals surface area contributed by atoms with Crippen LogP contribution in [-0.4, -0.2) is 78.9 Å². The molecule has 0 fully saturated rings. The Morgan fingerprint density at radius 2 is 0.647 bits per heavy atom. The Morgan fingerprint density at radius 3 is 0.647 bits per heavy atom. The van der Waals surface area contributed by atoms with Gasteiger partial charge in [0, 0.05) is 0 Å². The van der Waals surface area contributed by atoms with Crippen molar-refractivity contribution in [3.63, 3.8) is 0 Å². The first-order valence-corrected chi connectivity index (χ1v) is 4.44. The molecule has 3 N–H and O–H groups in total. The summed E-state index contributed by atoms with van der Waals surface area (Å²) >= 11 is 0. The van der Waals surface area contributed by atoms with Gasteiger partial charge in [0.25, 0.3) is 0 Å². The van der Waals surface area contributed by atoms with Gasteiger partial charge in [0.05, 0.1) is 56.4 Å². The summed E-state index contributed by atoms with van der Waals surface area (Å²) in [7, 11) is 17.0. The highest BCUT2D eigenvalue weighted by atomic mass is 35.5. The highest BCUT2D eigenvalue weighted by Gasteiger charge is 1.88. The molecule has 0 saturated heterocycles. The average Bonchev–Trinajstić information content (AvgIpc) is 2.08. The van der Waals surface area contributed by atoms with E-state index in [2.05, 4.69) is 62.2 Å². The van der Waals surface area contributed by atoms with Gasteiger partial charge in [-0.3, -0.25) is 0 Å². The molecule has 17 heavy (non-hydrogen) atoms. The number of nitrogens with two attached hydrogens (primary N) is 1. The summed E-state index contributed by atoms with van der Waals surface area (Å²) in [5.74, 6) is 9.00. The molecule has 0 unspecified atom stereocenters. The van der Waals surface area contributed by atoms with Crippen LogP contribution in [0, 0.1) is 0 Å². The van der Waals surface area contributed by atoms with Crippen molar-refractivity contribution >= 4 is 13.6 Å². The second kappa shape index (κ2) is 24.6. The monoisotopic (exact) mass is 274 g/mol. The Bertz CT molecular complexity index is 87.9. The lowest BCUT2D eigenvalue weighted by molar-refractivity contribution is -0.849. The number of quaternary nitrogens is 2. The van der Waals surface area contributed by atoms with Crippen LogP contribution in [0.5, 0.6) is 0 Å². The van der Waals surface area contributed by atoms with E-state index in [1.165, 1.54) is 0 Å². The number of carbonyl (C=O) groups is 2. The van der Waals surface area contributed by atoms with E-state index in [1.807, 2.05) is 13.6 Å². The fourth-order valence-corrected chi connectivity index (χ4v) is 0. The molecule has 0 aromatic carbocycles. The maximum absolute atomic E-state index is 8.00. The molecule has 0 radical (unpaired) electrons. The van der Waals surface area contributed by atoms with E-state index in [1.54, 1.807) is 0 Å². The molecule has 0 bridgehead atoms. The molecule has 0 aromatic heterocycles. The van der Waals surface area contributed by atoms with Gasteiger partial charge < -0.3 is 42.6 Å². The Labute approximate surface area is 113 Å². The molecule has 0 amide bonds. The zero-order valence-corrected chi connectivity index (χ0v) is 13.3. The molecule has 0 atom stereocenters. The van der Waals surface area contributed by atoms with Crippen LogP contribution in [0.25, 0.3) is 5.84 Å². The average molecular weight is 275 g/mol. The SMILES string of the molecule is C=O.C=O.C[N+](C)(C)C.C[N+](C)(C)C.[Cl-].[NH-]N. The van der Waals surface area contributed by atoms with E-state index in [9.17, 15) is 0 Å². The van der Waals surface area contributed by atoms with Crippen LogP contribution < -0.4 is 18.2 Å². The van der Waals surface area contributed by atoms with Crippen molar-refractivity contribution in [1.29, 1.82) is 0 Å². The second-order valence-electron chi connectivity index (χ2n) is 5.37. The summed E-state index contributed by atoms with van der Waals surface area (Å²) in [4.78, 5) is 16.0.